The van der Waals surface area contributed by atoms with E-state index in [9.17, 15) is 9.90 Å². The lowest BCUT2D eigenvalue weighted by atomic mass is 9.62. The lowest BCUT2D eigenvalue weighted by Gasteiger charge is -2.57. The van der Waals surface area contributed by atoms with Gasteiger partial charge in [0.05, 0.1) is 18.7 Å². The smallest absolute Gasteiger partial charge is 0.359 e. The average Bonchev–Trinajstić information content (AvgIpc) is 3.02. The number of aromatic nitrogens is 1. The molecule has 3 aliphatic heterocycles. The number of hydrogen-bond donors (Lipinski definition) is 1. The van der Waals surface area contributed by atoms with Crippen molar-refractivity contribution in [3.8, 4) is 0 Å². The second-order valence-corrected chi connectivity index (χ2v) is 8.21. The molecule has 26 heavy (non-hydrogen) atoms. The maximum absolute atomic E-state index is 12.8. The fourth-order valence-electron chi connectivity index (χ4n) is 6.10. The van der Waals surface area contributed by atoms with Gasteiger partial charge in [0.2, 0.25) is 5.72 Å². The van der Waals surface area contributed by atoms with Gasteiger partial charge in [-0.15, -0.1) is 0 Å². The molecule has 1 fully saturated rings. The highest BCUT2D eigenvalue weighted by atomic mass is 16.5. The number of ether oxygens (including phenoxy) is 1. The summed E-state index contributed by atoms with van der Waals surface area (Å²) in [5.41, 5.74) is 1.69. The first-order chi connectivity index (χ1) is 12.6. The summed E-state index contributed by atoms with van der Waals surface area (Å²) < 4.78 is 7.01. The molecular formula is C21H26N2O3. The van der Waals surface area contributed by atoms with Crippen LogP contribution in [-0.4, -0.2) is 40.7 Å². The van der Waals surface area contributed by atoms with Gasteiger partial charge in [-0.2, -0.15) is 0 Å². The van der Waals surface area contributed by atoms with Gasteiger partial charge in [0, 0.05) is 24.0 Å². The molecule has 2 aromatic rings. The summed E-state index contributed by atoms with van der Waals surface area (Å²) in [6, 6.07) is 8.45. The highest BCUT2D eigenvalue weighted by Crippen LogP contribution is 2.60. The lowest BCUT2D eigenvalue weighted by Crippen LogP contribution is -2.60. The van der Waals surface area contributed by atoms with Gasteiger partial charge in [0.25, 0.3) is 0 Å². The highest BCUT2D eigenvalue weighted by Gasteiger charge is 2.60. The van der Waals surface area contributed by atoms with E-state index in [0.717, 1.165) is 50.0 Å². The Morgan fingerprint density at radius 3 is 2.92 bits per heavy atom. The molecule has 1 aromatic carbocycles. The van der Waals surface area contributed by atoms with E-state index in [1.54, 1.807) is 0 Å². The zero-order valence-electron chi connectivity index (χ0n) is 15.5. The molecule has 138 valence electrons. The first kappa shape index (κ1) is 16.3. The Kier molecular flexibility index (Phi) is 3.35. The fraction of sp³-hybridized carbons (Fsp3) is 0.571. The van der Waals surface area contributed by atoms with E-state index in [1.165, 1.54) is 18.1 Å². The molecule has 1 aromatic heterocycles. The Bertz CT molecular complexity index is 904. The van der Waals surface area contributed by atoms with Gasteiger partial charge in [0.1, 0.15) is 0 Å². The quantitative estimate of drug-likeness (QED) is 0.843. The van der Waals surface area contributed by atoms with Crippen LogP contribution < -0.4 is 0 Å². The summed E-state index contributed by atoms with van der Waals surface area (Å²) in [5, 5.41) is 12.9. The van der Waals surface area contributed by atoms with Crippen LogP contribution in [-0.2, 0) is 21.7 Å². The molecular weight excluding hydrogens is 328 g/mol. The van der Waals surface area contributed by atoms with Crippen molar-refractivity contribution in [2.45, 2.75) is 50.8 Å². The molecule has 5 rings (SSSR count). The van der Waals surface area contributed by atoms with Crippen LogP contribution in [0.1, 0.15) is 49.9 Å². The molecule has 5 heteroatoms. The zero-order valence-corrected chi connectivity index (χ0v) is 15.5. The molecule has 0 spiro atoms. The van der Waals surface area contributed by atoms with Crippen molar-refractivity contribution in [3.63, 3.8) is 0 Å². The van der Waals surface area contributed by atoms with E-state index in [4.69, 9.17) is 4.74 Å². The van der Waals surface area contributed by atoms with Crippen LogP contribution in [0.25, 0.3) is 10.9 Å². The Hall–Kier alpha value is -1.85. The lowest BCUT2D eigenvalue weighted by molar-refractivity contribution is -0.194. The third-order valence-corrected chi connectivity index (χ3v) is 7.18. The van der Waals surface area contributed by atoms with E-state index >= 15 is 0 Å². The number of esters is 1. The number of rotatable bonds is 2. The summed E-state index contributed by atoms with van der Waals surface area (Å²) >= 11 is 0. The van der Waals surface area contributed by atoms with Gasteiger partial charge < -0.3 is 14.4 Å². The normalized spacial score (nSPS) is 33.1. The van der Waals surface area contributed by atoms with Crippen LogP contribution in [0.3, 0.4) is 0 Å². The van der Waals surface area contributed by atoms with E-state index in [-0.39, 0.29) is 11.5 Å². The van der Waals surface area contributed by atoms with Crippen molar-refractivity contribution in [1.82, 2.24) is 9.47 Å². The van der Waals surface area contributed by atoms with Crippen LogP contribution in [0.5, 0.6) is 0 Å². The van der Waals surface area contributed by atoms with E-state index in [1.807, 2.05) is 22.8 Å². The predicted octanol–water partition coefficient (Wildman–Crippen LogP) is 2.95. The van der Waals surface area contributed by atoms with Gasteiger partial charge in [-0.05, 0) is 49.3 Å². The first-order valence-electron chi connectivity index (χ1n) is 9.73. The molecule has 0 bridgehead atoms. The topological polar surface area (TPSA) is 54.7 Å². The maximum Gasteiger partial charge on any atom is 0.359 e. The standard InChI is InChI=1S/C21H26N2O3/c1-3-20-10-6-11-22-12-9-15-14-7-4-5-8-16(14)23(17(15)18(20)22)21(25,13-20)19(24)26-2/h4-5,7-8,18,25H,3,6,9-13H2,1-2H3/t18-,20-,21-/m1/s1. The van der Waals surface area contributed by atoms with Crippen LogP contribution in [0, 0.1) is 5.41 Å². The first-order valence-corrected chi connectivity index (χ1v) is 9.73. The number of para-hydroxylation sites is 1. The summed E-state index contributed by atoms with van der Waals surface area (Å²) in [7, 11) is 1.37. The summed E-state index contributed by atoms with van der Waals surface area (Å²) in [6.45, 7) is 4.36. The van der Waals surface area contributed by atoms with Crippen LogP contribution >= 0.6 is 0 Å². The van der Waals surface area contributed by atoms with Crippen molar-refractivity contribution in [3.05, 3.63) is 35.5 Å². The van der Waals surface area contributed by atoms with Crippen molar-refractivity contribution in [2.24, 2.45) is 5.41 Å². The third-order valence-electron chi connectivity index (χ3n) is 7.18. The molecule has 3 atom stereocenters. The molecule has 1 saturated heterocycles. The minimum absolute atomic E-state index is 0.0826. The number of hydrogen-bond acceptors (Lipinski definition) is 4. The van der Waals surface area contributed by atoms with Gasteiger partial charge in [-0.1, -0.05) is 25.1 Å². The minimum atomic E-state index is -1.63. The Balaban J connectivity index is 1.89. The Morgan fingerprint density at radius 2 is 2.15 bits per heavy atom. The largest absolute Gasteiger partial charge is 0.465 e. The summed E-state index contributed by atoms with van der Waals surface area (Å²) in [5.74, 6) is -0.546. The van der Waals surface area contributed by atoms with Crippen LogP contribution in [0.4, 0.5) is 0 Å². The SMILES string of the molecule is CC[C@@]12CCCN3CCc4c(n(c5ccccc45)[C@](O)(C(=O)OC)C1)[C@@H]32. The second kappa shape index (κ2) is 5.33. The number of carbonyl (C=O) groups excluding carboxylic acids is 1. The number of benzene rings is 1. The monoisotopic (exact) mass is 354 g/mol. The Morgan fingerprint density at radius 1 is 1.35 bits per heavy atom. The molecule has 0 unspecified atom stereocenters. The number of nitrogens with zero attached hydrogens (tertiary/aromatic N) is 2. The van der Waals surface area contributed by atoms with Gasteiger partial charge in [0.15, 0.2) is 0 Å². The molecule has 1 N–H and O–H groups in total. The fourth-order valence-corrected chi connectivity index (χ4v) is 6.10. The number of aliphatic hydroxyl groups is 1. The molecule has 0 aliphatic carbocycles. The van der Waals surface area contributed by atoms with Crippen molar-refractivity contribution in [2.75, 3.05) is 20.2 Å². The van der Waals surface area contributed by atoms with Crippen molar-refractivity contribution < 1.29 is 14.6 Å². The second-order valence-electron chi connectivity index (χ2n) is 8.21. The van der Waals surface area contributed by atoms with E-state index in [0.29, 0.717) is 6.42 Å². The average molecular weight is 354 g/mol. The summed E-state index contributed by atoms with van der Waals surface area (Å²) in [6.07, 6.45) is 4.52. The van der Waals surface area contributed by atoms with E-state index in [2.05, 4.69) is 17.9 Å². The molecule has 5 nitrogen and oxygen atoms in total. The molecule has 0 saturated carbocycles. The molecule has 4 heterocycles. The maximum atomic E-state index is 12.8. The predicted molar refractivity (Wildman–Crippen MR) is 98.7 cm³/mol. The Labute approximate surface area is 153 Å². The van der Waals surface area contributed by atoms with Crippen molar-refractivity contribution in [1.29, 1.82) is 0 Å². The minimum Gasteiger partial charge on any atom is -0.465 e. The van der Waals surface area contributed by atoms with Crippen LogP contribution in [0.2, 0.25) is 0 Å². The van der Waals surface area contributed by atoms with Crippen molar-refractivity contribution >= 4 is 16.9 Å². The van der Waals surface area contributed by atoms with Gasteiger partial charge in [-0.3, -0.25) is 4.90 Å². The van der Waals surface area contributed by atoms with Gasteiger partial charge in [-0.25, -0.2) is 4.79 Å². The number of piperidine rings is 1. The zero-order chi connectivity index (χ0) is 18.1. The number of methoxy groups -OCH3 is 1. The number of carbonyl (C=O) groups is 1. The molecule has 3 aliphatic rings. The molecule has 0 radical (unpaired) electrons. The van der Waals surface area contributed by atoms with E-state index < -0.39 is 11.7 Å². The van der Waals surface area contributed by atoms with Crippen LogP contribution in [0.15, 0.2) is 24.3 Å². The summed E-state index contributed by atoms with van der Waals surface area (Å²) in [4.78, 5) is 15.4. The highest BCUT2D eigenvalue weighted by molar-refractivity contribution is 5.90. The number of fused-ring (bicyclic) bond motifs is 3. The van der Waals surface area contributed by atoms with Gasteiger partial charge >= 0.3 is 5.97 Å². The molecule has 0 amide bonds. The third kappa shape index (κ3) is 1.80.